The summed E-state index contributed by atoms with van der Waals surface area (Å²) in [5.41, 5.74) is 1.04. The monoisotopic (exact) mass is 475 g/mol. The smallest absolute Gasteiger partial charge is 0.277 e. The average molecular weight is 476 g/mol. The van der Waals surface area contributed by atoms with Gasteiger partial charge in [0.1, 0.15) is 5.75 Å². The third-order valence-corrected chi connectivity index (χ3v) is 8.15. The zero-order valence-electron chi connectivity index (χ0n) is 18.0. The summed E-state index contributed by atoms with van der Waals surface area (Å²) in [5, 5.41) is 10.5. The minimum absolute atomic E-state index is 0.0223. The first-order chi connectivity index (χ1) is 15.3. The largest absolute Gasteiger partial charge is 0.497 e. The summed E-state index contributed by atoms with van der Waals surface area (Å²) < 4.78 is 34.0. The van der Waals surface area contributed by atoms with Crippen molar-refractivity contribution in [2.45, 2.75) is 24.6 Å². The molecule has 2 heterocycles. The fraction of sp³-hybridized carbons (Fsp3) is 0.409. The van der Waals surface area contributed by atoms with Crippen molar-refractivity contribution in [2.24, 2.45) is 5.92 Å². The van der Waals surface area contributed by atoms with E-state index in [0.717, 1.165) is 22.1 Å². The molecular formula is C22H25N3O5S2. The summed E-state index contributed by atoms with van der Waals surface area (Å²) in [5.74, 6) is 1.78. The summed E-state index contributed by atoms with van der Waals surface area (Å²) in [6.07, 6.45) is 1.08. The predicted molar refractivity (Wildman–Crippen MR) is 122 cm³/mol. The van der Waals surface area contributed by atoms with Crippen LogP contribution in [-0.4, -0.2) is 60.8 Å². The summed E-state index contributed by atoms with van der Waals surface area (Å²) in [4.78, 5) is 14.2. The Balaban J connectivity index is 1.29. The second-order valence-corrected chi connectivity index (χ2v) is 11.2. The Morgan fingerprint density at radius 2 is 2.00 bits per heavy atom. The maximum Gasteiger partial charge on any atom is 0.277 e. The molecule has 0 spiro atoms. The van der Waals surface area contributed by atoms with Gasteiger partial charge in [-0.05, 0) is 46.9 Å². The van der Waals surface area contributed by atoms with Gasteiger partial charge in [-0.25, -0.2) is 8.42 Å². The van der Waals surface area contributed by atoms with Crippen molar-refractivity contribution < 1.29 is 22.4 Å². The van der Waals surface area contributed by atoms with Crippen LogP contribution in [0.15, 0.2) is 46.0 Å². The van der Waals surface area contributed by atoms with Crippen LogP contribution in [0.2, 0.25) is 0 Å². The van der Waals surface area contributed by atoms with E-state index >= 15 is 0 Å². The molecule has 8 nitrogen and oxygen atoms in total. The second kappa shape index (κ2) is 9.50. The number of methoxy groups -OCH3 is 1. The van der Waals surface area contributed by atoms with E-state index in [1.54, 1.807) is 19.1 Å². The zero-order valence-corrected chi connectivity index (χ0v) is 19.6. The van der Waals surface area contributed by atoms with Gasteiger partial charge in [-0.15, -0.1) is 10.2 Å². The molecule has 2 aromatic carbocycles. The normalized spacial score (nSPS) is 17.5. The lowest BCUT2D eigenvalue weighted by Gasteiger charge is -2.17. The number of hydrogen-bond donors (Lipinski definition) is 0. The van der Waals surface area contributed by atoms with Crippen molar-refractivity contribution >= 4 is 38.3 Å². The van der Waals surface area contributed by atoms with Crippen LogP contribution in [0, 0.1) is 5.92 Å². The number of nitrogens with zero attached hydrogens (tertiary/aromatic N) is 3. The van der Waals surface area contributed by atoms with Crippen LogP contribution in [0.1, 0.15) is 17.9 Å². The maximum absolute atomic E-state index is 12.6. The lowest BCUT2D eigenvalue weighted by molar-refractivity contribution is -0.127. The third kappa shape index (κ3) is 5.60. The molecule has 10 heteroatoms. The Morgan fingerprint density at radius 1 is 1.22 bits per heavy atom. The van der Waals surface area contributed by atoms with Crippen LogP contribution >= 0.6 is 11.8 Å². The topological polar surface area (TPSA) is 103 Å². The molecule has 4 rings (SSSR count). The highest BCUT2D eigenvalue weighted by Crippen LogP contribution is 2.25. The number of aromatic nitrogens is 2. The molecule has 32 heavy (non-hydrogen) atoms. The number of amides is 1. The van der Waals surface area contributed by atoms with E-state index in [4.69, 9.17) is 9.15 Å². The number of carbonyl (C=O) groups is 1. The number of rotatable bonds is 8. The van der Waals surface area contributed by atoms with Gasteiger partial charge in [-0.2, -0.15) is 0 Å². The Labute approximate surface area is 191 Å². The average Bonchev–Trinajstić information content (AvgIpc) is 3.36. The first-order valence-corrected chi connectivity index (χ1v) is 13.1. The number of benzene rings is 2. The zero-order chi connectivity index (χ0) is 22.7. The van der Waals surface area contributed by atoms with Crippen molar-refractivity contribution in [2.75, 3.05) is 31.4 Å². The molecule has 1 aliphatic rings. The molecule has 1 unspecified atom stereocenters. The van der Waals surface area contributed by atoms with Gasteiger partial charge in [0.25, 0.3) is 5.22 Å². The molecule has 1 atom stereocenters. The first kappa shape index (κ1) is 22.6. The molecule has 0 N–H and O–H groups in total. The number of fused-ring (bicyclic) bond motifs is 1. The highest BCUT2D eigenvalue weighted by atomic mass is 32.2. The summed E-state index contributed by atoms with van der Waals surface area (Å²) in [6, 6.07) is 12.0. The molecule has 170 valence electrons. The molecule has 1 aliphatic heterocycles. The summed E-state index contributed by atoms with van der Waals surface area (Å²) >= 11 is 1.19. The van der Waals surface area contributed by atoms with Gasteiger partial charge in [0.2, 0.25) is 11.8 Å². The molecule has 1 saturated heterocycles. The summed E-state index contributed by atoms with van der Waals surface area (Å²) in [7, 11) is 0.477. The van der Waals surface area contributed by atoms with Crippen molar-refractivity contribution in [3.05, 3.63) is 47.9 Å². The molecular weight excluding hydrogens is 450 g/mol. The molecule has 0 aliphatic carbocycles. The van der Waals surface area contributed by atoms with Crippen molar-refractivity contribution in [1.29, 1.82) is 0 Å². The SMILES string of the molecule is COc1ccc2cc(CN(C)C(=O)CSc3nnc(CC4CCS(=O)(=O)C4)o3)ccc2c1. The number of sulfone groups is 1. The second-order valence-electron chi connectivity index (χ2n) is 8.02. The van der Waals surface area contributed by atoms with Crippen LogP contribution in [0.3, 0.4) is 0 Å². The fourth-order valence-electron chi connectivity index (χ4n) is 3.75. The van der Waals surface area contributed by atoms with Gasteiger partial charge in [0, 0.05) is 20.0 Å². The lowest BCUT2D eigenvalue weighted by Crippen LogP contribution is -2.27. The number of hydrogen-bond acceptors (Lipinski definition) is 8. The molecule has 1 fully saturated rings. The van der Waals surface area contributed by atoms with E-state index in [1.165, 1.54) is 11.8 Å². The number of ether oxygens (including phenoxy) is 1. The van der Waals surface area contributed by atoms with E-state index in [2.05, 4.69) is 16.3 Å². The van der Waals surface area contributed by atoms with E-state index in [9.17, 15) is 13.2 Å². The first-order valence-electron chi connectivity index (χ1n) is 10.3. The van der Waals surface area contributed by atoms with Crippen molar-refractivity contribution in [1.82, 2.24) is 15.1 Å². The fourth-order valence-corrected chi connectivity index (χ4v) is 6.34. The van der Waals surface area contributed by atoms with Gasteiger partial charge < -0.3 is 14.1 Å². The Bertz CT molecular complexity index is 1230. The molecule has 0 bridgehead atoms. The quantitative estimate of drug-likeness (QED) is 0.458. The minimum Gasteiger partial charge on any atom is -0.497 e. The predicted octanol–water partition coefficient (Wildman–Crippen LogP) is 2.96. The van der Waals surface area contributed by atoms with Crippen LogP contribution in [-0.2, 0) is 27.6 Å². The van der Waals surface area contributed by atoms with E-state index in [0.29, 0.717) is 30.5 Å². The maximum atomic E-state index is 12.6. The van der Waals surface area contributed by atoms with E-state index in [1.807, 2.05) is 30.3 Å². The van der Waals surface area contributed by atoms with Crippen LogP contribution < -0.4 is 4.74 Å². The molecule has 0 radical (unpaired) electrons. The van der Waals surface area contributed by atoms with E-state index in [-0.39, 0.29) is 29.1 Å². The van der Waals surface area contributed by atoms with Crippen molar-refractivity contribution in [3.63, 3.8) is 0 Å². The molecule has 1 amide bonds. The van der Waals surface area contributed by atoms with Gasteiger partial charge in [0.15, 0.2) is 9.84 Å². The third-order valence-electron chi connectivity index (χ3n) is 5.51. The van der Waals surface area contributed by atoms with E-state index < -0.39 is 9.84 Å². The Morgan fingerprint density at radius 3 is 2.75 bits per heavy atom. The number of carbonyl (C=O) groups excluding carboxylic acids is 1. The number of thioether (sulfide) groups is 1. The van der Waals surface area contributed by atoms with Crippen LogP contribution in [0.5, 0.6) is 5.75 Å². The highest BCUT2D eigenvalue weighted by molar-refractivity contribution is 7.99. The summed E-state index contributed by atoms with van der Waals surface area (Å²) in [6.45, 7) is 0.493. The Kier molecular flexibility index (Phi) is 6.71. The van der Waals surface area contributed by atoms with Crippen molar-refractivity contribution in [3.8, 4) is 5.75 Å². The van der Waals surface area contributed by atoms with Crippen LogP contribution in [0.4, 0.5) is 0 Å². The molecule has 1 aromatic heterocycles. The van der Waals surface area contributed by atoms with Gasteiger partial charge >= 0.3 is 0 Å². The molecule has 0 saturated carbocycles. The Hall–Kier alpha value is -2.59. The van der Waals surface area contributed by atoms with Gasteiger partial charge in [-0.1, -0.05) is 30.0 Å². The lowest BCUT2D eigenvalue weighted by atomic mass is 10.1. The molecule has 3 aromatic rings. The van der Waals surface area contributed by atoms with Gasteiger partial charge in [-0.3, -0.25) is 4.79 Å². The highest BCUT2D eigenvalue weighted by Gasteiger charge is 2.29. The minimum atomic E-state index is -2.93. The van der Waals surface area contributed by atoms with Gasteiger partial charge in [0.05, 0.1) is 24.4 Å². The standard InChI is InChI=1S/C22H25N3O5S2/c1-25(12-15-3-4-18-11-19(29-2)6-5-17(18)9-15)21(26)13-31-22-24-23-20(30-22)10-16-7-8-32(27,28)14-16/h3-6,9,11,16H,7-8,10,12-14H2,1-2H3. The van der Waals surface area contributed by atoms with Crippen LogP contribution in [0.25, 0.3) is 10.8 Å².